The second-order valence-electron chi connectivity index (χ2n) is 3.18. The summed E-state index contributed by atoms with van der Waals surface area (Å²) in [5, 5.41) is 10.8. The molecule has 0 aliphatic heterocycles. The molecule has 0 bridgehead atoms. The number of benzene rings is 1. The lowest BCUT2D eigenvalue weighted by atomic mass is 10.2. The van der Waals surface area contributed by atoms with E-state index < -0.39 is 5.97 Å². The Labute approximate surface area is 88.4 Å². The number of aromatic nitrogens is 2. The summed E-state index contributed by atoms with van der Waals surface area (Å²) in [6.45, 7) is 0. The molecule has 2 heterocycles. The number of carbonyl (C=O) groups is 1. The molecule has 0 saturated carbocycles. The summed E-state index contributed by atoms with van der Waals surface area (Å²) in [6.07, 6.45) is 1.89. The summed E-state index contributed by atoms with van der Waals surface area (Å²) >= 11 is 1.53. The van der Waals surface area contributed by atoms with Crippen molar-refractivity contribution < 1.29 is 9.90 Å². The molecule has 0 saturated heterocycles. The zero-order valence-corrected chi connectivity index (χ0v) is 8.36. The van der Waals surface area contributed by atoms with E-state index >= 15 is 0 Å². The summed E-state index contributed by atoms with van der Waals surface area (Å²) in [7, 11) is 0. The van der Waals surface area contributed by atoms with Gasteiger partial charge in [-0.1, -0.05) is 0 Å². The van der Waals surface area contributed by atoms with Gasteiger partial charge in [-0.25, -0.2) is 9.78 Å². The van der Waals surface area contributed by atoms with Gasteiger partial charge in [-0.3, -0.25) is 4.40 Å². The average Bonchev–Trinajstić information content (AvgIpc) is 2.75. The van der Waals surface area contributed by atoms with Crippen LogP contribution in [0.5, 0.6) is 0 Å². The van der Waals surface area contributed by atoms with Crippen LogP contribution in [0.15, 0.2) is 29.8 Å². The lowest BCUT2D eigenvalue weighted by Gasteiger charge is -1.94. The van der Waals surface area contributed by atoms with Crippen LogP contribution in [0.25, 0.3) is 16.0 Å². The van der Waals surface area contributed by atoms with E-state index in [9.17, 15) is 4.79 Å². The average molecular weight is 218 g/mol. The molecular weight excluding hydrogens is 212 g/mol. The third kappa shape index (κ3) is 1.13. The van der Waals surface area contributed by atoms with Gasteiger partial charge in [-0.2, -0.15) is 0 Å². The Morgan fingerprint density at radius 2 is 2.33 bits per heavy atom. The number of nitrogens with zero attached hydrogens (tertiary/aromatic N) is 2. The molecule has 4 nitrogen and oxygen atoms in total. The van der Waals surface area contributed by atoms with E-state index in [0.717, 1.165) is 16.0 Å². The lowest BCUT2D eigenvalue weighted by Crippen LogP contribution is -1.95. The SMILES string of the molecule is O=C(O)c1ccc2nc3sccn3c2c1. The zero-order valence-electron chi connectivity index (χ0n) is 7.54. The van der Waals surface area contributed by atoms with Crippen LogP contribution in [0.3, 0.4) is 0 Å². The van der Waals surface area contributed by atoms with E-state index in [-0.39, 0.29) is 5.56 Å². The fourth-order valence-electron chi connectivity index (χ4n) is 1.58. The van der Waals surface area contributed by atoms with Crippen LogP contribution in [-0.4, -0.2) is 20.5 Å². The van der Waals surface area contributed by atoms with Crippen molar-refractivity contribution in [2.45, 2.75) is 0 Å². The molecule has 0 fully saturated rings. The maximum atomic E-state index is 10.8. The normalized spacial score (nSPS) is 11.2. The first-order valence-corrected chi connectivity index (χ1v) is 5.22. The van der Waals surface area contributed by atoms with Gasteiger partial charge in [0.2, 0.25) is 0 Å². The molecule has 74 valence electrons. The molecular formula is C10H6N2O2S. The number of carboxylic acids is 1. The highest BCUT2D eigenvalue weighted by Gasteiger charge is 2.08. The number of fused-ring (bicyclic) bond motifs is 3. The van der Waals surface area contributed by atoms with Gasteiger partial charge in [0.1, 0.15) is 0 Å². The van der Waals surface area contributed by atoms with Gasteiger partial charge in [0, 0.05) is 11.6 Å². The summed E-state index contributed by atoms with van der Waals surface area (Å²) in [4.78, 5) is 16.1. The monoisotopic (exact) mass is 218 g/mol. The number of hydrogen-bond acceptors (Lipinski definition) is 3. The highest BCUT2D eigenvalue weighted by atomic mass is 32.1. The fourth-order valence-corrected chi connectivity index (χ4v) is 2.31. The first-order valence-electron chi connectivity index (χ1n) is 4.34. The van der Waals surface area contributed by atoms with Crippen LogP contribution in [-0.2, 0) is 0 Å². The van der Waals surface area contributed by atoms with E-state index in [2.05, 4.69) is 4.98 Å². The Kier molecular flexibility index (Phi) is 1.58. The first kappa shape index (κ1) is 8.43. The third-order valence-electron chi connectivity index (χ3n) is 2.29. The summed E-state index contributed by atoms with van der Waals surface area (Å²) in [5.41, 5.74) is 1.95. The van der Waals surface area contributed by atoms with E-state index in [4.69, 9.17) is 5.11 Å². The van der Waals surface area contributed by atoms with Crippen LogP contribution < -0.4 is 0 Å². The van der Waals surface area contributed by atoms with Crippen LogP contribution >= 0.6 is 11.3 Å². The van der Waals surface area contributed by atoms with Gasteiger partial charge in [0.25, 0.3) is 0 Å². The van der Waals surface area contributed by atoms with Crippen molar-refractivity contribution in [2.75, 3.05) is 0 Å². The molecule has 15 heavy (non-hydrogen) atoms. The van der Waals surface area contributed by atoms with Crippen LogP contribution in [0.1, 0.15) is 10.4 Å². The summed E-state index contributed by atoms with van der Waals surface area (Å²) in [6, 6.07) is 4.95. The summed E-state index contributed by atoms with van der Waals surface area (Å²) < 4.78 is 1.90. The molecule has 0 unspecified atom stereocenters. The number of imidazole rings is 1. The van der Waals surface area contributed by atoms with Gasteiger partial charge in [0.05, 0.1) is 16.6 Å². The molecule has 5 heteroatoms. The van der Waals surface area contributed by atoms with E-state index in [0.29, 0.717) is 0 Å². The number of thiazole rings is 1. The molecule has 0 aliphatic rings. The van der Waals surface area contributed by atoms with Gasteiger partial charge >= 0.3 is 5.97 Å². The number of aromatic carboxylic acids is 1. The Balaban J connectivity index is 2.44. The molecule has 0 amide bonds. The van der Waals surface area contributed by atoms with Gasteiger partial charge < -0.3 is 5.11 Å². The Morgan fingerprint density at radius 1 is 1.47 bits per heavy atom. The molecule has 0 atom stereocenters. The number of hydrogen-bond donors (Lipinski definition) is 1. The number of rotatable bonds is 1. The largest absolute Gasteiger partial charge is 0.478 e. The Hall–Kier alpha value is -1.88. The topological polar surface area (TPSA) is 54.6 Å². The highest BCUT2D eigenvalue weighted by molar-refractivity contribution is 7.15. The lowest BCUT2D eigenvalue weighted by molar-refractivity contribution is 0.0697. The first-order chi connectivity index (χ1) is 7.25. The minimum atomic E-state index is -0.915. The van der Waals surface area contributed by atoms with E-state index in [1.165, 1.54) is 11.3 Å². The van der Waals surface area contributed by atoms with Gasteiger partial charge in [0.15, 0.2) is 4.96 Å². The van der Waals surface area contributed by atoms with Crippen molar-refractivity contribution in [3.05, 3.63) is 35.3 Å². The predicted octanol–water partition coefficient (Wildman–Crippen LogP) is 2.25. The molecule has 1 N–H and O–H groups in total. The molecule has 0 spiro atoms. The predicted molar refractivity (Wildman–Crippen MR) is 57.5 cm³/mol. The molecule has 1 aromatic carbocycles. The fraction of sp³-hybridized carbons (Fsp3) is 0. The molecule has 0 aliphatic carbocycles. The minimum Gasteiger partial charge on any atom is -0.478 e. The van der Waals surface area contributed by atoms with Crippen molar-refractivity contribution in [1.82, 2.24) is 9.38 Å². The Morgan fingerprint density at radius 3 is 3.13 bits per heavy atom. The number of carboxylic acid groups (broad SMARTS) is 1. The van der Waals surface area contributed by atoms with Crippen LogP contribution in [0.2, 0.25) is 0 Å². The van der Waals surface area contributed by atoms with Crippen molar-refractivity contribution in [3.8, 4) is 0 Å². The van der Waals surface area contributed by atoms with Gasteiger partial charge in [-0.05, 0) is 18.2 Å². The van der Waals surface area contributed by atoms with Crippen molar-refractivity contribution in [1.29, 1.82) is 0 Å². The second-order valence-corrected chi connectivity index (χ2v) is 4.05. The maximum absolute atomic E-state index is 10.8. The van der Waals surface area contributed by atoms with Crippen molar-refractivity contribution in [3.63, 3.8) is 0 Å². The second kappa shape index (κ2) is 2.80. The van der Waals surface area contributed by atoms with Crippen LogP contribution in [0.4, 0.5) is 0 Å². The van der Waals surface area contributed by atoms with Crippen molar-refractivity contribution in [2.24, 2.45) is 0 Å². The maximum Gasteiger partial charge on any atom is 0.335 e. The summed E-state index contributed by atoms with van der Waals surface area (Å²) in [5.74, 6) is -0.915. The van der Waals surface area contributed by atoms with E-state index in [1.807, 2.05) is 16.0 Å². The van der Waals surface area contributed by atoms with Crippen molar-refractivity contribution >= 4 is 33.3 Å². The van der Waals surface area contributed by atoms with Crippen LogP contribution in [0, 0.1) is 0 Å². The molecule has 2 aromatic heterocycles. The third-order valence-corrected chi connectivity index (χ3v) is 3.04. The highest BCUT2D eigenvalue weighted by Crippen LogP contribution is 2.21. The zero-order chi connectivity index (χ0) is 10.4. The molecule has 0 radical (unpaired) electrons. The molecule has 3 rings (SSSR count). The van der Waals surface area contributed by atoms with E-state index in [1.54, 1.807) is 18.2 Å². The smallest absolute Gasteiger partial charge is 0.335 e. The minimum absolute atomic E-state index is 0.288. The molecule has 3 aromatic rings. The quantitative estimate of drug-likeness (QED) is 0.681. The standard InChI is InChI=1S/C10H6N2O2S/c13-9(14)6-1-2-7-8(5-6)12-3-4-15-10(12)11-7/h1-5H,(H,13,14). The Bertz CT molecular complexity index is 668. The van der Waals surface area contributed by atoms with Gasteiger partial charge in [-0.15, -0.1) is 11.3 Å².